The normalized spacial score (nSPS) is 19.2. The highest BCUT2D eigenvalue weighted by molar-refractivity contribution is 9.10. The Balaban J connectivity index is 2.03. The number of ether oxygens (including phenoxy) is 3. The number of rotatable bonds is 5. The first kappa shape index (κ1) is 18.7. The maximum absolute atomic E-state index is 13.0. The van der Waals surface area contributed by atoms with Gasteiger partial charge in [0, 0.05) is 5.56 Å². The molecule has 8 heteroatoms. The van der Waals surface area contributed by atoms with Crippen LogP contribution in [0, 0.1) is 6.92 Å². The molecule has 1 aliphatic rings. The van der Waals surface area contributed by atoms with Gasteiger partial charge in [-0.05, 0) is 47.1 Å². The number of methoxy groups -OCH3 is 2. The molecule has 2 aromatic rings. The molecule has 0 saturated heterocycles. The van der Waals surface area contributed by atoms with E-state index in [0.29, 0.717) is 21.5 Å². The minimum absolute atomic E-state index is 0.205. The molecule has 0 amide bonds. The summed E-state index contributed by atoms with van der Waals surface area (Å²) in [4.78, 5) is 4.27. The van der Waals surface area contributed by atoms with Crippen molar-refractivity contribution in [2.45, 2.75) is 23.3 Å². The van der Waals surface area contributed by atoms with Gasteiger partial charge in [-0.2, -0.15) is 0 Å². The van der Waals surface area contributed by atoms with E-state index in [1.54, 1.807) is 36.4 Å². The van der Waals surface area contributed by atoms with Crippen molar-refractivity contribution in [2.75, 3.05) is 14.2 Å². The number of nitrogens with zero attached hydrogens (tertiary/aromatic N) is 1. The zero-order valence-electron chi connectivity index (χ0n) is 14.5. The van der Waals surface area contributed by atoms with Crippen LogP contribution in [0.15, 0.2) is 50.8 Å². The molecule has 0 bridgehead atoms. The smallest absolute Gasteiger partial charge is 0.205 e. The first-order chi connectivity index (χ1) is 12.4. The quantitative estimate of drug-likeness (QED) is 0.710. The lowest BCUT2D eigenvalue weighted by Gasteiger charge is -2.20. The summed E-state index contributed by atoms with van der Waals surface area (Å²) in [6.45, 7) is 1.90. The highest BCUT2D eigenvalue weighted by Gasteiger charge is 2.40. The van der Waals surface area contributed by atoms with Gasteiger partial charge >= 0.3 is 0 Å². The van der Waals surface area contributed by atoms with E-state index in [1.165, 1.54) is 20.6 Å². The van der Waals surface area contributed by atoms with Gasteiger partial charge in [-0.3, -0.25) is 0 Å². The summed E-state index contributed by atoms with van der Waals surface area (Å²) >= 11 is 3.40. The molecule has 0 saturated carbocycles. The molecule has 0 radical (unpaired) electrons. The summed E-state index contributed by atoms with van der Waals surface area (Å²) in [5.41, 5.74) is 1.58. The molecule has 2 atom stereocenters. The van der Waals surface area contributed by atoms with Crippen LogP contribution in [0.2, 0.25) is 0 Å². The zero-order chi connectivity index (χ0) is 18.9. The number of halogens is 1. The second kappa shape index (κ2) is 7.28. The van der Waals surface area contributed by atoms with Crippen molar-refractivity contribution in [3.05, 3.63) is 52.0 Å². The molecular weight excluding hydrogens is 422 g/mol. The molecule has 1 unspecified atom stereocenters. The van der Waals surface area contributed by atoms with Gasteiger partial charge in [0.25, 0.3) is 0 Å². The number of aryl methyl sites for hydroxylation is 1. The third-order valence-corrected chi connectivity index (χ3v) is 6.85. The fourth-order valence-electron chi connectivity index (χ4n) is 2.71. The minimum atomic E-state index is -3.72. The van der Waals surface area contributed by atoms with Gasteiger partial charge in [0.1, 0.15) is 16.0 Å². The molecule has 0 aromatic heterocycles. The van der Waals surface area contributed by atoms with Gasteiger partial charge < -0.3 is 14.2 Å². The Kier molecular flexibility index (Phi) is 5.24. The summed E-state index contributed by atoms with van der Waals surface area (Å²) in [5, 5.41) is -1.08. The highest BCUT2D eigenvalue weighted by Crippen LogP contribution is 2.41. The number of sulfone groups is 1. The van der Waals surface area contributed by atoms with Crippen LogP contribution >= 0.6 is 15.9 Å². The Labute approximate surface area is 160 Å². The van der Waals surface area contributed by atoms with Gasteiger partial charge in [0.05, 0.1) is 19.1 Å². The molecule has 0 N–H and O–H groups in total. The van der Waals surface area contributed by atoms with Crippen molar-refractivity contribution in [1.29, 1.82) is 0 Å². The van der Waals surface area contributed by atoms with Crippen LogP contribution in [0.5, 0.6) is 11.5 Å². The maximum Gasteiger partial charge on any atom is 0.205 e. The van der Waals surface area contributed by atoms with Crippen LogP contribution in [0.3, 0.4) is 0 Å². The maximum atomic E-state index is 13.0. The molecule has 0 aliphatic carbocycles. The number of hydrogen-bond acceptors (Lipinski definition) is 6. The van der Waals surface area contributed by atoms with Crippen LogP contribution in [0.4, 0.5) is 0 Å². The Morgan fingerprint density at radius 1 is 1.08 bits per heavy atom. The topological polar surface area (TPSA) is 74.2 Å². The average Bonchev–Trinajstić information content (AvgIpc) is 3.13. The van der Waals surface area contributed by atoms with E-state index >= 15 is 0 Å². The molecule has 2 aromatic carbocycles. The van der Waals surface area contributed by atoms with E-state index in [4.69, 9.17) is 14.2 Å². The summed E-state index contributed by atoms with van der Waals surface area (Å²) < 4.78 is 42.9. The largest absolute Gasteiger partial charge is 0.495 e. The van der Waals surface area contributed by atoms with E-state index in [-0.39, 0.29) is 4.90 Å². The summed E-state index contributed by atoms with van der Waals surface area (Å²) in [5.74, 6) is 1.03. The predicted molar refractivity (Wildman–Crippen MR) is 102 cm³/mol. The van der Waals surface area contributed by atoms with E-state index < -0.39 is 21.3 Å². The van der Waals surface area contributed by atoms with E-state index in [2.05, 4.69) is 20.9 Å². The molecule has 0 fully saturated rings. The molecule has 6 nitrogen and oxygen atoms in total. The van der Waals surface area contributed by atoms with Crippen molar-refractivity contribution in [1.82, 2.24) is 0 Å². The molecule has 3 rings (SSSR count). The fourth-order valence-corrected chi connectivity index (χ4v) is 4.82. The lowest BCUT2D eigenvalue weighted by atomic mass is 10.1. The van der Waals surface area contributed by atoms with Crippen LogP contribution in [-0.4, -0.2) is 34.4 Å². The standard InChI is InChI=1S/C18H18BrNO5S/c1-11-4-6-13(7-5-11)26(21,22)18-17(25-10-20-18)12-8-14(23-2)16(19)15(9-12)24-3/h4-10,17-18H,1-3H3/t17?,18-/m0/s1. The lowest BCUT2D eigenvalue weighted by Crippen LogP contribution is -2.24. The van der Waals surface area contributed by atoms with E-state index in [0.717, 1.165) is 5.56 Å². The van der Waals surface area contributed by atoms with Gasteiger partial charge in [-0.1, -0.05) is 17.7 Å². The molecule has 138 valence electrons. The summed E-state index contributed by atoms with van der Waals surface area (Å²) in [7, 11) is -0.671. The van der Waals surface area contributed by atoms with Gasteiger partial charge in [-0.15, -0.1) is 0 Å². The Morgan fingerprint density at radius 3 is 2.19 bits per heavy atom. The van der Waals surface area contributed by atoms with Crippen molar-refractivity contribution in [2.24, 2.45) is 4.99 Å². The third-order valence-electron chi connectivity index (χ3n) is 4.14. The monoisotopic (exact) mass is 439 g/mol. The number of aliphatic imine (C=N–C) groups is 1. The van der Waals surface area contributed by atoms with E-state index in [1.807, 2.05) is 6.92 Å². The lowest BCUT2D eigenvalue weighted by molar-refractivity contribution is 0.226. The Morgan fingerprint density at radius 2 is 1.65 bits per heavy atom. The molecule has 1 heterocycles. The van der Waals surface area contributed by atoms with E-state index in [9.17, 15) is 8.42 Å². The second-order valence-corrected chi connectivity index (χ2v) is 8.64. The van der Waals surface area contributed by atoms with Crippen LogP contribution in [0.1, 0.15) is 17.2 Å². The predicted octanol–water partition coefficient (Wildman–Crippen LogP) is 3.67. The second-order valence-electron chi connectivity index (χ2n) is 5.80. The molecule has 1 aliphatic heterocycles. The zero-order valence-corrected chi connectivity index (χ0v) is 16.9. The van der Waals surface area contributed by atoms with Crippen LogP contribution < -0.4 is 9.47 Å². The highest BCUT2D eigenvalue weighted by atomic mass is 79.9. The summed E-state index contributed by atoms with van der Waals surface area (Å²) in [6.07, 6.45) is 0.388. The van der Waals surface area contributed by atoms with Gasteiger partial charge in [0.15, 0.2) is 17.9 Å². The Hall–Kier alpha value is -2.06. The molecule has 26 heavy (non-hydrogen) atoms. The number of hydrogen-bond donors (Lipinski definition) is 0. The average molecular weight is 440 g/mol. The van der Waals surface area contributed by atoms with Gasteiger partial charge in [0.2, 0.25) is 9.84 Å². The summed E-state index contributed by atoms with van der Waals surface area (Å²) in [6, 6.07) is 10.1. The van der Waals surface area contributed by atoms with Crippen molar-refractivity contribution in [3.63, 3.8) is 0 Å². The van der Waals surface area contributed by atoms with Crippen molar-refractivity contribution in [3.8, 4) is 11.5 Å². The van der Waals surface area contributed by atoms with Crippen molar-refractivity contribution < 1.29 is 22.6 Å². The first-order valence-electron chi connectivity index (χ1n) is 7.77. The molecular formula is C18H18BrNO5S. The molecule has 0 spiro atoms. The third kappa shape index (κ3) is 3.31. The van der Waals surface area contributed by atoms with Gasteiger partial charge in [-0.25, -0.2) is 13.4 Å². The first-order valence-corrected chi connectivity index (χ1v) is 10.1. The van der Waals surface area contributed by atoms with Crippen LogP contribution in [-0.2, 0) is 14.6 Å². The SMILES string of the molecule is COc1cc(C2OC=N[C@H]2S(=O)(=O)c2ccc(C)cc2)cc(OC)c1Br. The Bertz CT molecular complexity index is 916. The van der Waals surface area contributed by atoms with Crippen molar-refractivity contribution >= 4 is 32.2 Å². The number of benzene rings is 2. The fraction of sp³-hybridized carbons (Fsp3) is 0.278. The minimum Gasteiger partial charge on any atom is -0.495 e. The van der Waals surface area contributed by atoms with Crippen LogP contribution in [0.25, 0.3) is 0 Å².